The Kier molecular flexibility index (Phi) is 4.85. The van der Waals surface area contributed by atoms with Gasteiger partial charge in [-0.25, -0.2) is 0 Å². The average Bonchev–Trinajstić information content (AvgIpc) is 3.28. The number of hydrogen-bond acceptors (Lipinski definition) is 2. The first-order valence-electron chi connectivity index (χ1n) is 9.25. The van der Waals surface area contributed by atoms with Crippen LogP contribution in [0.2, 0.25) is 5.02 Å². The van der Waals surface area contributed by atoms with Crippen LogP contribution in [0.1, 0.15) is 22.6 Å². The molecule has 1 aromatic heterocycles. The molecular weight excluding hydrogens is 376 g/mol. The number of aryl methyl sites for hydroxylation is 1. The number of rotatable bonds is 4. The van der Waals surface area contributed by atoms with Gasteiger partial charge in [0.1, 0.15) is 0 Å². The van der Waals surface area contributed by atoms with Gasteiger partial charge in [-0.2, -0.15) is 0 Å². The number of fused-ring (bicyclic) bond motifs is 1. The summed E-state index contributed by atoms with van der Waals surface area (Å²) in [5.74, 6) is -1.78. The van der Waals surface area contributed by atoms with Gasteiger partial charge >= 0.3 is 5.97 Å². The van der Waals surface area contributed by atoms with Crippen molar-refractivity contribution in [1.29, 1.82) is 0 Å². The molecule has 0 bridgehead atoms. The summed E-state index contributed by atoms with van der Waals surface area (Å²) >= 11 is 5.95. The molecule has 1 aliphatic rings. The van der Waals surface area contributed by atoms with Crippen molar-refractivity contribution in [2.45, 2.75) is 19.3 Å². The average molecular weight is 397 g/mol. The smallest absolute Gasteiger partial charge is 0.308 e. The van der Waals surface area contributed by atoms with Crippen LogP contribution in [-0.4, -0.2) is 40.0 Å². The Hall–Kier alpha value is -2.79. The first-order chi connectivity index (χ1) is 13.4. The molecule has 2 N–H and O–H groups in total. The van der Waals surface area contributed by atoms with Crippen molar-refractivity contribution in [3.63, 3.8) is 0 Å². The second kappa shape index (κ2) is 7.32. The summed E-state index contributed by atoms with van der Waals surface area (Å²) in [7, 11) is 0. The SMILES string of the molecule is Cc1cccc2c(CC(=O)N3C[C@@H](C(=O)O)[C@H](c4ccc(Cl)cc4)C3)c[nH]c12. The second-order valence-electron chi connectivity index (χ2n) is 7.39. The van der Waals surface area contributed by atoms with E-state index in [2.05, 4.69) is 4.98 Å². The highest BCUT2D eigenvalue weighted by atomic mass is 35.5. The van der Waals surface area contributed by atoms with Crippen LogP contribution in [-0.2, 0) is 16.0 Å². The van der Waals surface area contributed by atoms with Crippen molar-refractivity contribution < 1.29 is 14.7 Å². The zero-order valence-corrected chi connectivity index (χ0v) is 16.2. The van der Waals surface area contributed by atoms with E-state index >= 15 is 0 Å². The quantitative estimate of drug-likeness (QED) is 0.700. The number of amides is 1. The molecule has 4 rings (SSSR count). The highest BCUT2D eigenvalue weighted by molar-refractivity contribution is 6.30. The standard InChI is InChI=1S/C22H21ClN2O3/c1-13-3-2-4-17-15(10-24-21(13)17)9-20(26)25-11-18(19(12-25)22(27)28)14-5-7-16(23)8-6-14/h2-8,10,18-19,24H,9,11-12H2,1H3,(H,27,28)/t18-,19+/m0/s1. The Balaban J connectivity index is 1.55. The second-order valence-corrected chi connectivity index (χ2v) is 7.83. The molecule has 1 fully saturated rings. The molecule has 1 saturated heterocycles. The zero-order valence-electron chi connectivity index (χ0n) is 15.5. The molecule has 144 valence electrons. The Morgan fingerprint density at radius 1 is 1.18 bits per heavy atom. The summed E-state index contributed by atoms with van der Waals surface area (Å²) in [4.78, 5) is 29.6. The van der Waals surface area contributed by atoms with Crippen LogP contribution in [0, 0.1) is 12.8 Å². The summed E-state index contributed by atoms with van der Waals surface area (Å²) in [5, 5.41) is 11.3. The maximum absolute atomic E-state index is 12.9. The fraction of sp³-hybridized carbons (Fsp3) is 0.273. The van der Waals surface area contributed by atoms with Gasteiger partial charge in [0.2, 0.25) is 5.91 Å². The number of nitrogens with zero attached hydrogens (tertiary/aromatic N) is 1. The number of benzene rings is 2. The Morgan fingerprint density at radius 3 is 2.64 bits per heavy atom. The number of aromatic nitrogens is 1. The van der Waals surface area contributed by atoms with E-state index in [9.17, 15) is 14.7 Å². The minimum absolute atomic E-state index is 0.0508. The molecule has 5 nitrogen and oxygen atoms in total. The van der Waals surface area contributed by atoms with Crippen LogP contribution in [0.25, 0.3) is 10.9 Å². The molecule has 0 radical (unpaired) electrons. The van der Waals surface area contributed by atoms with Gasteiger partial charge in [0.05, 0.1) is 12.3 Å². The normalized spacial score (nSPS) is 19.3. The number of carboxylic acid groups (broad SMARTS) is 1. The molecule has 1 aliphatic heterocycles. The number of carbonyl (C=O) groups excluding carboxylic acids is 1. The first-order valence-corrected chi connectivity index (χ1v) is 9.63. The maximum atomic E-state index is 12.9. The zero-order chi connectivity index (χ0) is 19.8. The van der Waals surface area contributed by atoms with Crippen LogP contribution in [0.3, 0.4) is 0 Å². The molecule has 1 amide bonds. The van der Waals surface area contributed by atoms with Crippen LogP contribution < -0.4 is 0 Å². The number of halogens is 1. The Morgan fingerprint density at radius 2 is 1.93 bits per heavy atom. The number of nitrogens with one attached hydrogen (secondary N) is 1. The van der Waals surface area contributed by atoms with E-state index in [0.29, 0.717) is 11.6 Å². The van der Waals surface area contributed by atoms with Crippen LogP contribution in [0.15, 0.2) is 48.7 Å². The summed E-state index contributed by atoms with van der Waals surface area (Å²) in [6, 6.07) is 13.2. The van der Waals surface area contributed by atoms with Crippen LogP contribution >= 0.6 is 11.6 Å². The molecule has 28 heavy (non-hydrogen) atoms. The maximum Gasteiger partial charge on any atom is 0.308 e. The Bertz CT molecular complexity index is 1040. The molecule has 0 aliphatic carbocycles. The van der Waals surface area contributed by atoms with E-state index in [1.165, 1.54) is 0 Å². The van der Waals surface area contributed by atoms with E-state index < -0.39 is 11.9 Å². The lowest BCUT2D eigenvalue weighted by Gasteiger charge is -2.16. The molecule has 3 aromatic rings. The monoisotopic (exact) mass is 396 g/mol. The third-order valence-corrected chi connectivity index (χ3v) is 5.89. The number of aromatic amines is 1. The van der Waals surface area contributed by atoms with Gasteiger partial charge < -0.3 is 15.0 Å². The van der Waals surface area contributed by atoms with Crippen molar-refractivity contribution in [1.82, 2.24) is 9.88 Å². The van der Waals surface area contributed by atoms with Crippen molar-refractivity contribution in [2.75, 3.05) is 13.1 Å². The summed E-state index contributed by atoms with van der Waals surface area (Å²) in [6.45, 7) is 2.65. The lowest BCUT2D eigenvalue weighted by Crippen LogP contribution is -2.31. The van der Waals surface area contributed by atoms with Crippen molar-refractivity contribution >= 4 is 34.4 Å². The van der Waals surface area contributed by atoms with Crippen LogP contribution in [0.4, 0.5) is 0 Å². The van der Waals surface area contributed by atoms with Crippen molar-refractivity contribution in [2.24, 2.45) is 5.92 Å². The molecule has 0 spiro atoms. The third kappa shape index (κ3) is 3.38. The van der Waals surface area contributed by atoms with Gasteiger partial charge in [0.15, 0.2) is 0 Å². The van der Waals surface area contributed by atoms with Gasteiger partial charge in [-0.3, -0.25) is 9.59 Å². The largest absolute Gasteiger partial charge is 0.481 e. The van der Waals surface area contributed by atoms with E-state index in [1.807, 2.05) is 43.5 Å². The lowest BCUT2D eigenvalue weighted by molar-refractivity contribution is -0.141. The molecule has 2 aromatic carbocycles. The van der Waals surface area contributed by atoms with Gasteiger partial charge in [-0.1, -0.05) is 41.9 Å². The van der Waals surface area contributed by atoms with E-state index in [0.717, 1.165) is 27.6 Å². The summed E-state index contributed by atoms with van der Waals surface area (Å²) < 4.78 is 0. The number of H-pyrrole nitrogens is 1. The van der Waals surface area contributed by atoms with Gasteiger partial charge in [-0.05, 0) is 35.7 Å². The van der Waals surface area contributed by atoms with Crippen molar-refractivity contribution in [3.05, 3.63) is 70.4 Å². The number of aliphatic carboxylic acids is 1. The van der Waals surface area contributed by atoms with Gasteiger partial charge in [0, 0.05) is 41.1 Å². The van der Waals surface area contributed by atoms with Gasteiger partial charge in [-0.15, -0.1) is 0 Å². The highest BCUT2D eigenvalue weighted by Crippen LogP contribution is 2.34. The number of carboxylic acids is 1. The molecule has 0 unspecified atom stereocenters. The topological polar surface area (TPSA) is 73.4 Å². The fourth-order valence-electron chi connectivity index (χ4n) is 4.09. The van der Waals surface area contributed by atoms with E-state index in [4.69, 9.17) is 11.6 Å². The highest BCUT2D eigenvalue weighted by Gasteiger charge is 2.40. The predicted molar refractivity (Wildman–Crippen MR) is 109 cm³/mol. The fourth-order valence-corrected chi connectivity index (χ4v) is 4.22. The van der Waals surface area contributed by atoms with Crippen LogP contribution in [0.5, 0.6) is 0 Å². The number of hydrogen-bond donors (Lipinski definition) is 2. The predicted octanol–water partition coefficient (Wildman–Crippen LogP) is 4.00. The lowest BCUT2D eigenvalue weighted by atomic mass is 9.89. The molecular formula is C22H21ClN2O3. The molecule has 6 heteroatoms. The van der Waals surface area contributed by atoms with E-state index in [1.54, 1.807) is 17.0 Å². The third-order valence-electron chi connectivity index (χ3n) is 5.64. The minimum Gasteiger partial charge on any atom is -0.481 e. The van der Waals surface area contributed by atoms with Gasteiger partial charge in [0.25, 0.3) is 0 Å². The molecule has 2 atom stereocenters. The minimum atomic E-state index is -0.877. The number of likely N-dealkylation sites (tertiary alicyclic amines) is 1. The first kappa shape index (κ1) is 18.6. The number of para-hydroxylation sites is 1. The summed E-state index contributed by atoms with van der Waals surface area (Å²) in [6.07, 6.45) is 2.13. The van der Waals surface area contributed by atoms with Crippen molar-refractivity contribution in [3.8, 4) is 0 Å². The summed E-state index contributed by atoms with van der Waals surface area (Å²) in [5.41, 5.74) is 4.00. The number of carbonyl (C=O) groups is 2. The Labute approximate surface area is 167 Å². The molecule has 2 heterocycles. The van der Waals surface area contributed by atoms with E-state index in [-0.39, 0.29) is 24.8 Å². The molecule has 0 saturated carbocycles.